The minimum atomic E-state index is -1.04. The highest BCUT2D eigenvalue weighted by atomic mass is 16.4. The predicted octanol–water partition coefficient (Wildman–Crippen LogP) is 0.550. The average molecular weight is 259 g/mol. The van der Waals surface area contributed by atoms with Crippen LogP contribution in [0.25, 0.3) is 6.08 Å². The third kappa shape index (κ3) is 3.46. The second kappa shape index (κ2) is 5.54. The van der Waals surface area contributed by atoms with Crippen molar-refractivity contribution in [1.82, 2.24) is 20.6 Å². The van der Waals surface area contributed by atoms with E-state index in [1.807, 2.05) is 0 Å². The van der Waals surface area contributed by atoms with E-state index >= 15 is 0 Å². The van der Waals surface area contributed by atoms with E-state index in [9.17, 15) is 9.59 Å². The molecule has 0 atom stereocenters. The van der Waals surface area contributed by atoms with E-state index in [1.54, 1.807) is 24.3 Å². The Balaban J connectivity index is 2.11. The van der Waals surface area contributed by atoms with Crippen LogP contribution in [0.1, 0.15) is 16.2 Å². The van der Waals surface area contributed by atoms with Gasteiger partial charge in [-0.1, -0.05) is 12.1 Å². The Morgan fingerprint density at radius 2 is 2.21 bits per heavy atom. The number of H-pyrrole nitrogens is 1. The minimum Gasteiger partial charge on any atom is -0.478 e. The average Bonchev–Trinajstić information content (AvgIpc) is 2.91. The number of carbonyl (C=O) groups is 2. The molecule has 0 saturated carbocycles. The maximum absolute atomic E-state index is 11.6. The van der Waals surface area contributed by atoms with Gasteiger partial charge in [-0.3, -0.25) is 4.79 Å². The van der Waals surface area contributed by atoms with Gasteiger partial charge in [-0.05, 0) is 29.0 Å². The highest BCUT2D eigenvalue weighted by Gasteiger charge is 2.10. The lowest BCUT2D eigenvalue weighted by molar-refractivity contribution is -0.131. The van der Waals surface area contributed by atoms with E-state index in [0.29, 0.717) is 11.3 Å². The number of hydrogen-bond donors (Lipinski definition) is 3. The van der Waals surface area contributed by atoms with Crippen molar-refractivity contribution in [2.75, 3.05) is 5.32 Å². The summed E-state index contributed by atoms with van der Waals surface area (Å²) in [7, 11) is 0. The van der Waals surface area contributed by atoms with E-state index in [4.69, 9.17) is 5.11 Å². The fraction of sp³-hybridized carbons (Fsp3) is 0. The summed E-state index contributed by atoms with van der Waals surface area (Å²) in [6.07, 6.45) is 2.44. The fourth-order valence-electron chi connectivity index (χ4n) is 1.33. The normalized spacial score (nSPS) is 10.5. The molecule has 0 aliphatic rings. The summed E-state index contributed by atoms with van der Waals surface area (Å²) in [6, 6.07) is 6.68. The molecule has 0 radical (unpaired) electrons. The summed E-state index contributed by atoms with van der Waals surface area (Å²) < 4.78 is 0. The van der Waals surface area contributed by atoms with E-state index in [0.717, 1.165) is 6.08 Å². The van der Waals surface area contributed by atoms with Crippen molar-refractivity contribution in [2.45, 2.75) is 0 Å². The molecular formula is C11H9N5O3. The van der Waals surface area contributed by atoms with Gasteiger partial charge < -0.3 is 10.4 Å². The summed E-state index contributed by atoms with van der Waals surface area (Å²) in [5.74, 6) is -1.62. The van der Waals surface area contributed by atoms with Crippen LogP contribution in [-0.2, 0) is 4.79 Å². The van der Waals surface area contributed by atoms with Gasteiger partial charge in [0.1, 0.15) is 0 Å². The van der Waals surface area contributed by atoms with Crippen LogP contribution in [0.4, 0.5) is 5.69 Å². The van der Waals surface area contributed by atoms with Gasteiger partial charge in [0, 0.05) is 11.8 Å². The Morgan fingerprint density at radius 3 is 2.89 bits per heavy atom. The Bertz CT molecular complexity index is 621. The fourth-order valence-corrected chi connectivity index (χ4v) is 1.33. The summed E-state index contributed by atoms with van der Waals surface area (Å²) in [5, 5.41) is 23.6. The van der Waals surface area contributed by atoms with Crippen molar-refractivity contribution in [2.24, 2.45) is 0 Å². The number of tetrazole rings is 1. The van der Waals surface area contributed by atoms with Crippen LogP contribution in [0.2, 0.25) is 0 Å². The molecule has 0 spiro atoms. The Labute approximate surface area is 107 Å². The molecule has 0 fully saturated rings. The van der Waals surface area contributed by atoms with Gasteiger partial charge in [0.15, 0.2) is 0 Å². The van der Waals surface area contributed by atoms with Crippen molar-refractivity contribution < 1.29 is 14.7 Å². The number of nitrogens with zero attached hydrogens (tertiary/aromatic N) is 3. The van der Waals surface area contributed by atoms with E-state index in [-0.39, 0.29) is 5.82 Å². The number of carboxylic acid groups (broad SMARTS) is 1. The molecule has 1 aromatic heterocycles. The van der Waals surface area contributed by atoms with Crippen molar-refractivity contribution >= 4 is 23.6 Å². The van der Waals surface area contributed by atoms with E-state index < -0.39 is 11.9 Å². The number of aliphatic carboxylic acids is 1. The molecule has 3 N–H and O–H groups in total. The number of aromatic nitrogens is 4. The van der Waals surface area contributed by atoms with Crippen molar-refractivity contribution in [1.29, 1.82) is 0 Å². The first-order valence-electron chi connectivity index (χ1n) is 5.21. The summed E-state index contributed by atoms with van der Waals surface area (Å²) in [4.78, 5) is 22.1. The zero-order valence-corrected chi connectivity index (χ0v) is 9.57. The minimum absolute atomic E-state index is 0.0773. The number of carboxylic acids is 1. The Kier molecular flexibility index (Phi) is 3.62. The standard InChI is InChI=1S/C11H9N5O3/c17-9(18)5-4-7-2-1-3-8(6-7)12-11(19)10-13-15-16-14-10/h1-6H,(H,12,19)(H,17,18)(H,13,14,15,16)/b5-4+. The third-order valence-electron chi connectivity index (χ3n) is 2.11. The molecule has 2 aromatic rings. The van der Waals surface area contributed by atoms with Crippen LogP contribution < -0.4 is 5.32 Å². The molecule has 1 amide bonds. The van der Waals surface area contributed by atoms with Gasteiger partial charge in [0.2, 0.25) is 0 Å². The molecule has 1 heterocycles. The predicted molar refractivity (Wildman–Crippen MR) is 65.2 cm³/mol. The summed E-state index contributed by atoms with van der Waals surface area (Å²) >= 11 is 0. The highest BCUT2D eigenvalue weighted by molar-refractivity contribution is 6.01. The largest absolute Gasteiger partial charge is 0.478 e. The molecule has 0 aliphatic carbocycles. The number of nitrogens with one attached hydrogen (secondary N) is 2. The lowest BCUT2D eigenvalue weighted by Crippen LogP contribution is -2.13. The third-order valence-corrected chi connectivity index (χ3v) is 2.11. The van der Waals surface area contributed by atoms with Gasteiger partial charge >= 0.3 is 5.97 Å². The first kappa shape index (κ1) is 12.4. The van der Waals surface area contributed by atoms with Gasteiger partial charge in [-0.15, -0.1) is 10.2 Å². The maximum Gasteiger partial charge on any atom is 0.328 e. The molecule has 8 heteroatoms. The molecule has 1 aromatic carbocycles. The van der Waals surface area contributed by atoms with Crippen molar-refractivity contribution in [3.63, 3.8) is 0 Å². The second-order valence-corrected chi connectivity index (χ2v) is 3.49. The topological polar surface area (TPSA) is 121 Å². The molecule has 8 nitrogen and oxygen atoms in total. The number of benzene rings is 1. The first-order valence-corrected chi connectivity index (χ1v) is 5.21. The summed E-state index contributed by atoms with van der Waals surface area (Å²) in [6.45, 7) is 0. The van der Waals surface area contributed by atoms with Crippen LogP contribution in [0, 0.1) is 0 Å². The zero-order valence-electron chi connectivity index (χ0n) is 9.57. The quantitative estimate of drug-likeness (QED) is 0.689. The van der Waals surface area contributed by atoms with Gasteiger partial charge in [0.05, 0.1) is 0 Å². The highest BCUT2D eigenvalue weighted by Crippen LogP contribution is 2.12. The number of hydrogen-bond acceptors (Lipinski definition) is 5. The number of carbonyl (C=O) groups excluding carboxylic acids is 1. The van der Waals surface area contributed by atoms with Crippen LogP contribution >= 0.6 is 0 Å². The number of rotatable bonds is 4. The van der Waals surface area contributed by atoms with Crippen LogP contribution in [0.3, 0.4) is 0 Å². The Morgan fingerprint density at radius 1 is 1.37 bits per heavy atom. The van der Waals surface area contributed by atoms with Gasteiger partial charge in [0.25, 0.3) is 11.7 Å². The van der Waals surface area contributed by atoms with Crippen LogP contribution in [0.5, 0.6) is 0 Å². The maximum atomic E-state index is 11.6. The SMILES string of the molecule is O=C(O)/C=C/c1cccc(NC(=O)c2nn[nH]n2)c1. The smallest absolute Gasteiger partial charge is 0.328 e. The van der Waals surface area contributed by atoms with E-state index in [2.05, 4.69) is 25.9 Å². The molecule has 0 bridgehead atoms. The zero-order chi connectivity index (χ0) is 13.7. The second-order valence-electron chi connectivity index (χ2n) is 3.49. The van der Waals surface area contributed by atoms with E-state index in [1.165, 1.54) is 6.08 Å². The lowest BCUT2D eigenvalue weighted by atomic mass is 10.2. The molecule has 96 valence electrons. The Hall–Kier alpha value is -3.03. The molecule has 0 unspecified atom stereocenters. The van der Waals surface area contributed by atoms with Gasteiger partial charge in [-0.25, -0.2) is 4.79 Å². The van der Waals surface area contributed by atoms with Crippen LogP contribution in [0.15, 0.2) is 30.3 Å². The monoisotopic (exact) mass is 259 g/mol. The molecular weight excluding hydrogens is 250 g/mol. The molecule has 2 rings (SSSR count). The van der Waals surface area contributed by atoms with Crippen molar-refractivity contribution in [3.8, 4) is 0 Å². The van der Waals surface area contributed by atoms with Crippen LogP contribution in [-0.4, -0.2) is 37.6 Å². The summed E-state index contributed by atoms with van der Waals surface area (Å²) in [5.41, 5.74) is 1.15. The number of amides is 1. The molecule has 0 saturated heterocycles. The van der Waals surface area contributed by atoms with Crippen molar-refractivity contribution in [3.05, 3.63) is 41.7 Å². The first-order chi connectivity index (χ1) is 9.15. The molecule has 0 aliphatic heterocycles. The number of aromatic amines is 1. The molecule has 19 heavy (non-hydrogen) atoms. The lowest BCUT2D eigenvalue weighted by Gasteiger charge is -2.03. The number of anilines is 1. The van der Waals surface area contributed by atoms with Gasteiger partial charge in [-0.2, -0.15) is 5.21 Å².